The highest BCUT2D eigenvalue weighted by Gasteiger charge is 2.37. The van der Waals surface area contributed by atoms with Crippen molar-refractivity contribution in [3.05, 3.63) is 56.5 Å². The highest BCUT2D eigenvalue weighted by molar-refractivity contribution is 9.11. The number of imide groups is 2. The third kappa shape index (κ3) is 4.57. The van der Waals surface area contributed by atoms with Gasteiger partial charge in [-0.15, -0.1) is 0 Å². The number of anilines is 1. The number of hydrogen-bond donors (Lipinski definition) is 1. The van der Waals surface area contributed by atoms with Crippen molar-refractivity contribution in [1.29, 1.82) is 0 Å². The average molecular weight is 538 g/mol. The number of halogens is 2. The fourth-order valence-electron chi connectivity index (χ4n) is 2.82. The number of ether oxygens (including phenoxy) is 2. The summed E-state index contributed by atoms with van der Waals surface area (Å²) in [6, 6.07) is 9.10. The molecule has 9 heteroatoms. The number of methoxy groups -OCH3 is 1. The molecule has 0 atom stereocenters. The molecule has 0 saturated carbocycles. The molecule has 7 nitrogen and oxygen atoms in total. The van der Waals surface area contributed by atoms with E-state index in [0.29, 0.717) is 33.8 Å². The molecule has 0 spiro atoms. The largest absolute Gasteiger partial charge is 0.497 e. The van der Waals surface area contributed by atoms with Crippen molar-refractivity contribution in [2.75, 3.05) is 18.6 Å². The lowest BCUT2D eigenvalue weighted by atomic mass is 10.1. The molecule has 30 heavy (non-hydrogen) atoms. The second kappa shape index (κ2) is 9.44. The van der Waals surface area contributed by atoms with E-state index in [1.807, 2.05) is 13.0 Å². The van der Waals surface area contributed by atoms with Crippen molar-refractivity contribution >= 4 is 61.5 Å². The van der Waals surface area contributed by atoms with Crippen LogP contribution < -0.4 is 19.7 Å². The van der Waals surface area contributed by atoms with Crippen LogP contribution in [0.1, 0.15) is 18.9 Å². The van der Waals surface area contributed by atoms with Gasteiger partial charge in [-0.25, -0.2) is 9.69 Å². The summed E-state index contributed by atoms with van der Waals surface area (Å²) < 4.78 is 12.3. The quantitative estimate of drug-likeness (QED) is 0.427. The fourth-order valence-corrected chi connectivity index (χ4v) is 4.20. The molecule has 1 fully saturated rings. The van der Waals surface area contributed by atoms with E-state index in [1.54, 1.807) is 30.3 Å². The van der Waals surface area contributed by atoms with Gasteiger partial charge < -0.3 is 9.47 Å². The minimum absolute atomic E-state index is 0.184. The molecule has 0 bridgehead atoms. The third-order valence-electron chi connectivity index (χ3n) is 4.22. The zero-order chi connectivity index (χ0) is 21.8. The van der Waals surface area contributed by atoms with Gasteiger partial charge in [0.15, 0.2) is 0 Å². The van der Waals surface area contributed by atoms with E-state index in [4.69, 9.17) is 9.47 Å². The Bertz CT molecular complexity index is 1030. The number of rotatable bonds is 6. The molecule has 0 radical (unpaired) electrons. The highest BCUT2D eigenvalue weighted by Crippen LogP contribution is 2.35. The van der Waals surface area contributed by atoms with Gasteiger partial charge in [0.25, 0.3) is 11.8 Å². The van der Waals surface area contributed by atoms with E-state index in [-0.39, 0.29) is 5.57 Å². The molecule has 3 rings (SSSR count). The van der Waals surface area contributed by atoms with Crippen LogP contribution in [-0.2, 0) is 9.59 Å². The summed E-state index contributed by atoms with van der Waals surface area (Å²) in [5, 5.41) is 2.21. The van der Waals surface area contributed by atoms with Crippen LogP contribution in [0.4, 0.5) is 10.5 Å². The summed E-state index contributed by atoms with van der Waals surface area (Å²) in [4.78, 5) is 38.8. The first-order valence-corrected chi connectivity index (χ1v) is 10.6. The molecule has 1 aliphatic heterocycles. The lowest BCUT2D eigenvalue weighted by Crippen LogP contribution is -2.54. The average Bonchev–Trinajstić information content (AvgIpc) is 2.70. The predicted molar refractivity (Wildman–Crippen MR) is 120 cm³/mol. The Hall–Kier alpha value is -2.65. The summed E-state index contributed by atoms with van der Waals surface area (Å²) in [6.45, 7) is 2.44. The molecular formula is C21H18Br2N2O5. The maximum Gasteiger partial charge on any atom is 0.335 e. The van der Waals surface area contributed by atoms with Crippen LogP contribution in [-0.4, -0.2) is 31.6 Å². The monoisotopic (exact) mass is 536 g/mol. The minimum Gasteiger partial charge on any atom is -0.497 e. The molecule has 1 saturated heterocycles. The maximum absolute atomic E-state index is 13.1. The van der Waals surface area contributed by atoms with Gasteiger partial charge in [0.1, 0.15) is 17.1 Å². The molecule has 0 aromatic heterocycles. The number of hydrogen-bond acceptors (Lipinski definition) is 5. The summed E-state index contributed by atoms with van der Waals surface area (Å²) in [5.41, 5.74) is 0.651. The van der Waals surface area contributed by atoms with Gasteiger partial charge in [-0.3, -0.25) is 14.9 Å². The van der Waals surface area contributed by atoms with E-state index in [1.165, 1.54) is 13.2 Å². The number of carbonyl (C=O) groups is 3. The van der Waals surface area contributed by atoms with Crippen LogP contribution >= 0.6 is 31.9 Å². The normalized spacial score (nSPS) is 15.4. The zero-order valence-corrected chi connectivity index (χ0v) is 19.4. The molecule has 1 N–H and O–H groups in total. The van der Waals surface area contributed by atoms with Crippen molar-refractivity contribution in [3.8, 4) is 11.5 Å². The molecule has 4 amide bonds. The van der Waals surface area contributed by atoms with Crippen molar-refractivity contribution < 1.29 is 23.9 Å². The summed E-state index contributed by atoms with van der Waals surface area (Å²) >= 11 is 6.85. The van der Waals surface area contributed by atoms with Crippen molar-refractivity contribution in [3.63, 3.8) is 0 Å². The van der Waals surface area contributed by atoms with Crippen LogP contribution in [0, 0.1) is 0 Å². The molecule has 2 aromatic rings. The lowest BCUT2D eigenvalue weighted by Gasteiger charge is -2.26. The minimum atomic E-state index is -0.815. The van der Waals surface area contributed by atoms with Gasteiger partial charge in [0.05, 0.1) is 23.9 Å². The first-order chi connectivity index (χ1) is 14.3. The van der Waals surface area contributed by atoms with E-state index in [2.05, 4.69) is 37.2 Å². The van der Waals surface area contributed by atoms with E-state index < -0.39 is 17.8 Å². The van der Waals surface area contributed by atoms with Gasteiger partial charge in [0.2, 0.25) is 0 Å². The van der Waals surface area contributed by atoms with Crippen molar-refractivity contribution in [2.24, 2.45) is 0 Å². The number of amides is 4. The van der Waals surface area contributed by atoms with E-state index in [0.717, 1.165) is 15.8 Å². The topological polar surface area (TPSA) is 84.9 Å². The van der Waals surface area contributed by atoms with Crippen LogP contribution in [0.2, 0.25) is 0 Å². The van der Waals surface area contributed by atoms with Crippen LogP contribution in [0.3, 0.4) is 0 Å². The van der Waals surface area contributed by atoms with Crippen molar-refractivity contribution in [1.82, 2.24) is 5.32 Å². The van der Waals surface area contributed by atoms with Gasteiger partial charge >= 0.3 is 6.03 Å². The van der Waals surface area contributed by atoms with Crippen LogP contribution in [0.15, 0.2) is 50.9 Å². The van der Waals surface area contributed by atoms with Gasteiger partial charge in [-0.2, -0.15) is 0 Å². The Balaban J connectivity index is 2.04. The van der Waals surface area contributed by atoms with E-state index >= 15 is 0 Å². The first kappa shape index (κ1) is 22.0. The number of urea groups is 1. The van der Waals surface area contributed by atoms with Gasteiger partial charge in [-0.1, -0.05) is 22.9 Å². The lowest BCUT2D eigenvalue weighted by molar-refractivity contribution is -0.122. The summed E-state index contributed by atoms with van der Waals surface area (Å²) in [6.07, 6.45) is 2.21. The highest BCUT2D eigenvalue weighted by atomic mass is 79.9. The zero-order valence-electron chi connectivity index (χ0n) is 16.2. The number of nitrogens with one attached hydrogen (secondary N) is 1. The fraction of sp³-hybridized carbons (Fsp3) is 0.190. The van der Waals surface area contributed by atoms with Crippen molar-refractivity contribution in [2.45, 2.75) is 13.3 Å². The Morgan fingerprint density at radius 2 is 1.80 bits per heavy atom. The second-order valence-electron chi connectivity index (χ2n) is 6.31. The van der Waals surface area contributed by atoms with E-state index in [9.17, 15) is 14.4 Å². The number of barbiturate groups is 1. The Morgan fingerprint density at radius 1 is 1.10 bits per heavy atom. The molecule has 2 aromatic carbocycles. The standard InChI is InChI=1S/C21H18Br2N2O5/c1-3-8-30-18-12(9-13(22)11-17(18)23)10-16-19(26)24-21(28)25(20(16)27)14-4-6-15(29-2)7-5-14/h4-7,9-11H,3,8H2,1-2H3,(H,24,26,28). The SMILES string of the molecule is CCCOc1c(Br)cc(Br)cc1C=C1C(=O)NC(=O)N(c2ccc(OC)cc2)C1=O. The molecule has 1 aliphatic rings. The van der Waals surface area contributed by atoms with Gasteiger partial charge in [-0.05, 0) is 64.8 Å². The number of nitrogens with zero attached hydrogens (tertiary/aromatic N) is 1. The number of benzene rings is 2. The van der Waals surface area contributed by atoms with Gasteiger partial charge in [0, 0.05) is 10.0 Å². The Morgan fingerprint density at radius 3 is 2.43 bits per heavy atom. The molecule has 0 aliphatic carbocycles. The molecule has 0 unspecified atom stereocenters. The summed E-state index contributed by atoms with van der Waals surface area (Å²) in [5.74, 6) is -0.424. The summed E-state index contributed by atoms with van der Waals surface area (Å²) in [7, 11) is 1.52. The molecular weight excluding hydrogens is 520 g/mol. The van der Waals surface area contributed by atoms with Crippen LogP contribution in [0.25, 0.3) is 6.08 Å². The first-order valence-electron chi connectivity index (χ1n) is 9.03. The smallest absolute Gasteiger partial charge is 0.335 e. The Kier molecular flexibility index (Phi) is 6.94. The maximum atomic E-state index is 13.1. The molecule has 156 valence electrons. The number of carbonyl (C=O) groups excluding carboxylic acids is 3. The molecule has 1 heterocycles. The predicted octanol–water partition coefficient (Wildman–Crippen LogP) is 4.68. The Labute approximate surface area is 190 Å². The second-order valence-corrected chi connectivity index (χ2v) is 8.08. The third-order valence-corrected chi connectivity index (χ3v) is 5.27. The van der Waals surface area contributed by atoms with Crippen LogP contribution in [0.5, 0.6) is 11.5 Å².